The largest absolute Gasteiger partial charge is 0.379 e. The van der Waals surface area contributed by atoms with E-state index in [2.05, 4.69) is 64.2 Å². The summed E-state index contributed by atoms with van der Waals surface area (Å²) >= 11 is 0. The van der Waals surface area contributed by atoms with Crippen molar-refractivity contribution < 1.29 is 4.74 Å². The van der Waals surface area contributed by atoms with Crippen LogP contribution < -0.4 is 5.32 Å². The molecule has 2 heteroatoms. The molecule has 1 atom stereocenters. The van der Waals surface area contributed by atoms with Crippen LogP contribution in [0.5, 0.6) is 0 Å². The van der Waals surface area contributed by atoms with Crippen LogP contribution in [0.1, 0.15) is 64.1 Å². The molecule has 0 bridgehead atoms. The molecule has 1 aromatic carbocycles. The minimum absolute atomic E-state index is 0.299. The number of hydrogen-bond donors (Lipinski definition) is 1. The van der Waals surface area contributed by atoms with Crippen molar-refractivity contribution in [3.63, 3.8) is 0 Å². The van der Waals surface area contributed by atoms with Gasteiger partial charge in [-0.25, -0.2) is 0 Å². The van der Waals surface area contributed by atoms with E-state index in [1.807, 2.05) is 0 Å². The highest BCUT2D eigenvalue weighted by atomic mass is 16.5. The second-order valence-electron chi connectivity index (χ2n) is 6.19. The number of rotatable bonds is 9. The monoisotopic (exact) mass is 277 g/mol. The summed E-state index contributed by atoms with van der Waals surface area (Å²) < 4.78 is 5.83. The quantitative estimate of drug-likeness (QED) is 0.670. The van der Waals surface area contributed by atoms with Crippen LogP contribution in [0.4, 0.5) is 0 Å². The third-order valence-corrected chi connectivity index (χ3v) is 3.58. The molecule has 0 radical (unpaired) electrons. The summed E-state index contributed by atoms with van der Waals surface area (Å²) in [6.45, 7) is 13.6. The number of benzene rings is 1. The zero-order chi connectivity index (χ0) is 15.0. The fourth-order valence-corrected chi connectivity index (χ4v) is 2.15. The van der Waals surface area contributed by atoms with Gasteiger partial charge in [0.25, 0.3) is 0 Å². The number of nitrogens with one attached hydrogen (secondary N) is 1. The first-order valence-corrected chi connectivity index (χ1v) is 7.95. The summed E-state index contributed by atoms with van der Waals surface area (Å²) in [7, 11) is 0. The fourth-order valence-electron chi connectivity index (χ4n) is 2.15. The molecule has 1 N–H and O–H groups in total. The van der Waals surface area contributed by atoms with Crippen molar-refractivity contribution in [1.29, 1.82) is 0 Å². The van der Waals surface area contributed by atoms with Gasteiger partial charge in [0.1, 0.15) is 0 Å². The average molecular weight is 277 g/mol. The zero-order valence-electron chi connectivity index (χ0n) is 13.8. The molecule has 0 fully saturated rings. The molecule has 0 saturated carbocycles. The van der Waals surface area contributed by atoms with E-state index in [1.54, 1.807) is 0 Å². The fraction of sp³-hybridized carbons (Fsp3) is 0.667. The van der Waals surface area contributed by atoms with E-state index in [0.29, 0.717) is 17.9 Å². The van der Waals surface area contributed by atoms with Crippen LogP contribution in [0.25, 0.3) is 0 Å². The Labute approximate surface area is 124 Å². The molecule has 0 aromatic heterocycles. The topological polar surface area (TPSA) is 21.3 Å². The Hall–Kier alpha value is -0.860. The Bertz CT molecular complexity index is 356. The average Bonchev–Trinajstić information content (AvgIpc) is 2.42. The van der Waals surface area contributed by atoms with Gasteiger partial charge in [-0.3, -0.25) is 0 Å². The first-order valence-electron chi connectivity index (χ1n) is 7.95. The number of likely N-dealkylation sites (N-methyl/N-ethyl adjacent to an activating group) is 1. The Balaban J connectivity index is 2.56. The lowest BCUT2D eigenvalue weighted by molar-refractivity contribution is 0.103. The summed E-state index contributed by atoms with van der Waals surface area (Å²) in [6.07, 6.45) is 1.13. The van der Waals surface area contributed by atoms with Gasteiger partial charge in [0.05, 0.1) is 12.6 Å². The summed E-state index contributed by atoms with van der Waals surface area (Å²) in [5.41, 5.74) is 2.71. The first-order chi connectivity index (χ1) is 9.54. The predicted octanol–water partition coefficient (Wildman–Crippen LogP) is 4.52. The van der Waals surface area contributed by atoms with Gasteiger partial charge in [-0.1, -0.05) is 58.9 Å². The third kappa shape index (κ3) is 6.06. The zero-order valence-corrected chi connectivity index (χ0v) is 13.8. The minimum Gasteiger partial charge on any atom is -0.379 e. The van der Waals surface area contributed by atoms with Crippen LogP contribution in [-0.4, -0.2) is 19.8 Å². The van der Waals surface area contributed by atoms with Gasteiger partial charge in [-0.15, -0.1) is 0 Å². The molecule has 0 spiro atoms. The van der Waals surface area contributed by atoms with Gasteiger partial charge in [0.2, 0.25) is 0 Å². The minimum atomic E-state index is 0.299. The Morgan fingerprint density at radius 1 is 1.00 bits per heavy atom. The lowest BCUT2D eigenvalue weighted by atomic mass is 9.99. The second-order valence-corrected chi connectivity index (χ2v) is 6.19. The van der Waals surface area contributed by atoms with Gasteiger partial charge in [-0.05, 0) is 35.9 Å². The highest BCUT2D eigenvalue weighted by Gasteiger charge is 2.11. The molecule has 114 valence electrons. The highest BCUT2D eigenvalue weighted by Crippen LogP contribution is 2.19. The standard InChI is InChI=1S/C18H31NO/c1-6-19-18(13-20-12-11-14(2)3)17-9-7-16(8-10-17)15(4)5/h7-10,14-15,18-19H,6,11-13H2,1-5H3. The van der Waals surface area contributed by atoms with E-state index in [4.69, 9.17) is 4.74 Å². The molecule has 1 rings (SSSR count). The van der Waals surface area contributed by atoms with Crippen LogP contribution in [-0.2, 0) is 4.74 Å². The Morgan fingerprint density at radius 3 is 2.10 bits per heavy atom. The normalized spacial score (nSPS) is 13.2. The van der Waals surface area contributed by atoms with E-state index in [1.165, 1.54) is 11.1 Å². The van der Waals surface area contributed by atoms with E-state index < -0.39 is 0 Å². The van der Waals surface area contributed by atoms with Crippen LogP contribution in [0.2, 0.25) is 0 Å². The lowest BCUT2D eigenvalue weighted by Crippen LogP contribution is -2.25. The van der Waals surface area contributed by atoms with Gasteiger partial charge >= 0.3 is 0 Å². The van der Waals surface area contributed by atoms with E-state index in [9.17, 15) is 0 Å². The van der Waals surface area contributed by atoms with Gasteiger partial charge in [-0.2, -0.15) is 0 Å². The molecule has 0 aliphatic carbocycles. The summed E-state index contributed by atoms with van der Waals surface area (Å²) in [4.78, 5) is 0. The molecule has 0 amide bonds. The van der Waals surface area contributed by atoms with Crippen molar-refractivity contribution in [2.75, 3.05) is 19.8 Å². The summed E-state index contributed by atoms with van der Waals surface area (Å²) in [5, 5.41) is 3.51. The maximum absolute atomic E-state index is 5.83. The van der Waals surface area contributed by atoms with Crippen molar-refractivity contribution in [1.82, 2.24) is 5.32 Å². The maximum atomic E-state index is 5.83. The van der Waals surface area contributed by atoms with Gasteiger partial charge in [0, 0.05) is 6.61 Å². The van der Waals surface area contributed by atoms with Crippen LogP contribution in [0.15, 0.2) is 24.3 Å². The molecule has 0 saturated heterocycles. The molecular formula is C18H31NO. The molecule has 1 aromatic rings. The Morgan fingerprint density at radius 2 is 1.60 bits per heavy atom. The second kappa shape index (κ2) is 9.15. The summed E-state index contributed by atoms with van der Waals surface area (Å²) in [5.74, 6) is 1.29. The van der Waals surface area contributed by atoms with E-state index >= 15 is 0 Å². The van der Waals surface area contributed by atoms with Crippen LogP contribution >= 0.6 is 0 Å². The molecule has 0 heterocycles. The highest BCUT2D eigenvalue weighted by molar-refractivity contribution is 5.27. The van der Waals surface area contributed by atoms with Gasteiger partial charge in [0.15, 0.2) is 0 Å². The van der Waals surface area contributed by atoms with Crippen molar-refractivity contribution in [2.45, 2.75) is 53.0 Å². The predicted molar refractivity (Wildman–Crippen MR) is 87.2 cm³/mol. The molecule has 2 nitrogen and oxygen atoms in total. The molecule has 20 heavy (non-hydrogen) atoms. The molecule has 0 aliphatic heterocycles. The van der Waals surface area contributed by atoms with Crippen molar-refractivity contribution in [2.24, 2.45) is 5.92 Å². The molecule has 1 unspecified atom stereocenters. The third-order valence-electron chi connectivity index (χ3n) is 3.58. The number of ether oxygens (including phenoxy) is 1. The van der Waals surface area contributed by atoms with E-state index in [0.717, 1.165) is 26.2 Å². The van der Waals surface area contributed by atoms with Crippen molar-refractivity contribution in [3.05, 3.63) is 35.4 Å². The Kier molecular flexibility index (Phi) is 7.86. The smallest absolute Gasteiger partial charge is 0.0661 e. The molecule has 0 aliphatic rings. The lowest BCUT2D eigenvalue weighted by Gasteiger charge is -2.19. The first kappa shape index (κ1) is 17.2. The van der Waals surface area contributed by atoms with Crippen LogP contribution in [0.3, 0.4) is 0 Å². The number of hydrogen-bond acceptors (Lipinski definition) is 2. The summed E-state index contributed by atoms with van der Waals surface area (Å²) in [6, 6.07) is 9.23. The van der Waals surface area contributed by atoms with Crippen molar-refractivity contribution >= 4 is 0 Å². The van der Waals surface area contributed by atoms with Gasteiger partial charge < -0.3 is 10.1 Å². The molecular weight excluding hydrogens is 246 g/mol. The van der Waals surface area contributed by atoms with E-state index in [-0.39, 0.29) is 0 Å². The van der Waals surface area contributed by atoms with Crippen LogP contribution in [0, 0.1) is 5.92 Å². The van der Waals surface area contributed by atoms with Crippen molar-refractivity contribution in [3.8, 4) is 0 Å². The maximum Gasteiger partial charge on any atom is 0.0661 e. The SMILES string of the molecule is CCNC(COCCC(C)C)c1ccc(C(C)C)cc1.